The Morgan fingerprint density at radius 3 is 2.32 bits per heavy atom. The van der Waals surface area contributed by atoms with E-state index in [1.165, 1.54) is 5.57 Å². The summed E-state index contributed by atoms with van der Waals surface area (Å²) in [4.78, 5) is 0. The molecule has 0 bridgehead atoms. The largest absolute Gasteiger partial charge is 0.507 e. The molecule has 1 aliphatic rings. The van der Waals surface area contributed by atoms with Crippen LogP contribution in [0.2, 0.25) is 0 Å². The van der Waals surface area contributed by atoms with E-state index in [1.54, 1.807) is 0 Å². The molecule has 3 aromatic rings. The van der Waals surface area contributed by atoms with Gasteiger partial charge < -0.3 is 5.11 Å². The van der Waals surface area contributed by atoms with Gasteiger partial charge in [0.2, 0.25) is 0 Å². The maximum absolute atomic E-state index is 11.1. The third-order valence-corrected chi connectivity index (χ3v) is 5.40. The van der Waals surface area contributed by atoms with Crippen molar-refractivity contribution < 1.29 is 5.11 Å². The van der Waals surface area contributed by atoms with Crippen LogP contribution in [-0.4, -0.2) is 5.11 Å². The Bertz CT molecular complexity index is 1160. The number of aromatic hydroxyl groups is 1. The lowest BCUT2D eigenvalue weighted by Crippen LogP contribution is -1.89. The molecule has 0 aliphatic heterocycles. The van der Waals surface area contributed by atoms with Crippen molar-refractivity contribution >= 4 is 21.5 Å². The first-order valence-corrected chi connectivity index (χ1v) is 9.97. The van der Waals surface area contributed by atoms with E-state index in [4.69, 9.17) is 0 Å². The minimum Gasteiger partial charge on any atom is -0.507 e. The molecule has 1 aliphatic carbocycles. The zero-order chi connectivity index (χ0) is 19.5. The van der Waals surface area contributed by atoms with E-state index in [0.29, 0.717) is 0 Å². The maximum atomic E-state index is 11.1. The number of para-hydroxylation sites is 1. The number of halogens is 1. The van der Waals surface area contributed by atoms with Crippen LogP contribution in [0.5, 0.6) is 5.75 Å². The third kappa shape index (κ3) is 3.67. The SMILES string of the molecule is CC1=CC(Br)=C(c2cccc(-c3cccc(-c4ccccc4)c3)c2O)C#CC1. The Morgan fingerprint density at radius 2 is 1.50 bits per heavy atom. The van der Waals surface area contributed by atoms with Gasteiger partial charge in [-0.25, -0.2) is 0 Å². The molecule has 0 heterocycles. The van der Waals surface area contributed by atoms with Gasteiger partial charge >= 0.3 is 0 Å². The van der Waals surface area contributed by atoms with Crippen molar-refractivity contribution in [2.75, 3.05) is 0 Å². The second-order valence-electron chi connectivity index (χ2n) is 6.84. The highest BCUT2D eigenvalue weighted by molar-refractivity contribution is 9.12. The minimum atomic E-state index is 0.252. The van der Waals surface area contributed by atoms with Crippen molar-refractivity contribution in [2.45, 2.75) is 13.3 Å². The lowest BCUT2D eigenvalue weighted by atomic mass is 9.95. The fraction of sp³-hybridized carbons (Fsp3) is 0.0769. The Hall–Kier alpha value is -3.02. The summed E-state index contributed by atoms with van der Waals surface area (Å²) >= 11 is 3.63. The second kappa shape index (κ2) is 7.92. The topological polar surface area (TPSA) is 20.2 Å². The smallest absolute Gasteiger partial charge is 0.131 e. The predicted octanol–water partition coefficient (Wildman–Crippen LogP) is 7.19. The molecule has 28 heavy (non-hydrogen) atoms. The molecular formula is C26H19BrO. The molecule has 0 unspecified atom stereocenters. The number of hydrogen-bond donors (Lipinski definition) is 1. The number of allylic oxidation sites excluding steroid dienone is 4. The van der Waals surface area contributed by atoms with E-state index in [-0.39, 0.29) is 5.75 Å². The summed E-state index contributed by atoms with van der Waals surface area (Å²) in [5.41, 5.74) is 6.81. The highest BCUT2D eigenvalue weighted by atomic mass is 79.9. The summed E-state index contributed by atoms with van der Waals surface area (Å²) in [5.74, 6) is 6.63. The van der Waals surface area contributed by atoms with Crippen LogP contribution in [0.4, 0.5) is 0 Å². The molecule has 3 aromatic carbocycles. The highest BCUT2D eigenvalue weighted by Crippen LogP contribution is 2.39. The standard InChI is InChI=1S/C26H19BrO/c1-18-8-5-14-23(25(27)16-18)24-15-7-13-22(26(24)28)21-12-6-11-20(17-21)19-9-3-2-4-10-19/h2-4,6-7,9-13,15-17,28H,8H2,1H3. The quantitative estimate of drug-likeness (QED) is 0.439. The Morgan fingerprint density at radius 1 is 0.821 bits per heavy atom. The van der Waals surface area contributed by atoms with E-state index in [0.717, 1.165) is 44.3 Å². The first-order valence-electron chi connectivity index (χ1n) is 9.17. The van der Waals surface area contributed by atoms with Crippen molar-refractivity contribution in [2.24, 2.45) is 0 Å². The van der Waals surface area contributed by atoms with Crippen LogP contribution < -0.4 is 0 Å². The van der Waals surface area contributed by atoms with Crippen LogP contribution in [-0.2, 0) is 0 Å². The van der Waals surface area contributed by atoms with Crippen molar-refractivity contribution in [3.8, 4) is 39.8 Å². The van der Waals surface area contributed by atoms with Gasteiger partial charge in [0, 0.05) is 27.6 Å². The summed E-state index contributed by atoms with van der Waals surface area (Å²) in [5, 5.41) is 11.1. The van der Waals surface area contributed by atoms with Gasteiger partial charge in [0.1, 0.15) is 5.75 Å². The van der Waals surface area contributed by atoms with Crippen molar-refractivity contribution in [3.05, 3.63) is 94.5 Å². The summed E-state index contributed by atoms with van der Waals surface area (Å²) in [6.07, 6.45) is 2.79. The Balaban J connectivity index is 1.82. The van der Waals surface area contributed by atoms with Crippen LogP contribution in [0, 0.1) is 11.8 Å². The van der Waals surface area contributed by atoms with Crippen molar-refractivity contribution in [3.63, 3.8) is 0 Å². The van der Waals surface area contributed by atoms with Crippen molar-refractivity contribution in [1.29, 1.82) is 0 Å². The first-order chi connectivity index (χ1) is 13.6. The molecule has 2 heteroatoms. The van der Waals surface area contributed by atoms with Gasteiger partial charge in [0.05, 0.1) is 0 Å². The van der Waals surface area contributed by atoms with E-state index >= 15 is 0 Å². The molecule has 1 nitrogen and oxygen atoms in total. The molecule has 136 valence electrons. The van der Waals surface area contributed by atoms with Crippen molar-refractivity contribution in [1.82, 2.24) is 0 Å². The lowest BCUT2D eigenvalue weighted by Gasteiger charge is -2.12. The molecule has 0 atom stereocenters. The molecule has 0 aromatic heterocycles. The fourth-order valence-electron chi connectivity index (χ4n) is 3.34. The van der Waals surface area contributed by atoms with Gasteiger partial charge in [-0.2, -0.15) is 0 Å². The van der Waals surface area contributed by atoms with Gasteiger partial charge in [-0.05, 0) is 57.8 Å². The van der Waals surface area contributed by atoms with Crippen LogP contribution >= 0.6 is 15.9 Å². The molecule has 4 rings (SSSR count). The average molecular weight is 427 g/mol. The molecule has 0 spiro atoms. The highest BCUT2D eigenvalue weighted by Gasteiger charge is 2.15. The van der Waals surface area contributed by atoms with E-state index in [2.05, 4.69) is 65.0 Å². The molecular weight excluding hydrogens is 408 g/mol. The van der Waals surface area contributed by atoms with Gasteiger partial charge in [0.25, 0.3) is 0 Å². The number of phenolic OH excluding ortho intramolecular Hbond substituents is 1. The van der Waals surface area contributed by atoms with E-state index in [1.807, 2.05) is 48.5 Å². The Kier molecular flexibility index (Phi) is 5.19. The lowest BCUT2D eigenvalue weighted by molar-refractivity contribution is 0.476. The molecule has 0 amide bonds. The zero-order valence-corrected chi connectivity index (χ0v) is 17.1. The molecule has 0 radical (unpaired) electrons. The predicted molar refractivity (Wildman–Crippen MR) is 121 cm³/mol. The third-order valence-electron chi connectivity index (χ3n) is 4.78. The number of hydrogen-bond acceptors (Lipinski definition) is 1. The van der Waals surface area contributed by atoms with Gasteiger partial charge in [-0.15, -0.1) is 0 Å². The Labute approximate surface area is 174 Å². The maximum Gasteiger partial charge on any atom is 0.131 e. The fourth-order valence-corrected chi connectivity index (χ4v) is 4.05. The van der Waals surface area contributed by atoms with E-state index < -0.39 is 0 Å². The van der Waals surface area contributed by atoms with Crippen LogP contribution in [0.25, 0.3) is 27.8 Å². The number of phenols is 1. The molecule has 0 fully saturated rings. The summed E-state index contributed by atoms with van der Waals surface area (Å²) in [6, 6.07) is 24.3. The summed E-state index contributed by atoms with van der Waals surface area (Å²) in [7, 11) is 0. The molecule has 0 saturated carbocycles. The number of rotatable bonds is 3. The normalized spacial score (nSPS) is 13.4. The molecule has 0 saturated heterocycles. The zero-order valence-electron chi connectivity index (χ0n) is 15.5. The summed E-state index contributed by atoms with van der Waals surface area (Å²) < 4.78 is 0.903. The number of benzene rings is 3. The van der Waals surface area contributed by atoms with E-state index in [9.17, 15) is 5.11 Å². The minimum absolute atomic E-state index is 0.252. The average Bonchev–Trinajstić information content (AvgIpc) is 2.89. The van der Waals surface area contributed by atoms with Crippen LogP contribution in [0.1, 0.15) is 18.9 Å². The van der Waals surface area contributed by atoms with Gasteiger partial charge in [-0.1, -0.05) is 78.1 Å². The summed E-state index contributed by atoms with van der Waals surface area (Å²) in [6.45, 7) is 2.06. The van der Waals surface area contributed by atoms with Crippen LogP contribution in [0.3, 0.4) is 0 Å². The molecule has 1 N–H and O–H groups in total. The second-order valence-corrected chi connectivity index (χ2v) is 7.70. The monoisotopic (exact) mass is 426 g/mol. The first kappa shape index (κ1) is 18.3. The van der Waals surface area contributed by atoms with Gasteiger partial charge in [-0.3, -0.25) is 0 Å². The van der Waals surface area contributed by atoms with Gasteiger partial charge in [0.15, 0.2) is 0 Å². The van der Waals surface area contributed by atoms with Crippen LogP contribution in [0.15, 0.2) is 88.9 Å².